The van der Waals surface area contributed by atoms with Gasteiger partial charge < -0.3 is 15.0 Å². The zero-order valence-corrected chi connectivity index (χ0v) is 19.3. The molecule has 3 rings (SSSR count). The van der Waals surface area contributed by atoms with E-state index in [1.165, 1.54) is 4.90 Å². The third kappa shape index (κ3) is 4.53. The lowest BCUT2D eigenvalue weighted by Crippen LogP contribution is -2.46. The third-order valence-corrected chi connectivity index (χ3v) is 6.13. The number of benzene rings is 2. The summed E-state index contributed by atoms with van der Waals surface area (Å²) in [4.78, 5) is 41.9. The standard InChI is InChI=1S/C25H28N4O4/c1-5-25(19-8-11-21(33-4)12-9-19)23(31)29(24(32)27-25)16-22(30)28(14-6-13-26)20-10-7-17(2)18(3)15-20/h7-12,15H,5-6,14,16H2,1-4H3,(H,27,32). The monoisotopic (exact) mass is 448 g/mol. The van der Waals surface area contributed by atoms with E-state index in [-0.39, 0.29) is 13.0 Å². The van der Waals surface area contributed by atoms with Crippen LogP contribution in [-0.4, -0.2) is 42.9 Å². The highest BCUT2D eigenvalue weighted by atomic mass is 16.5. The molecule has 2 aromatic carbocycles. The zero-order valence-electron chi connectivity index (χ0n) is 19.3. The van der Waals surface area contributed by atoms with E-state index in [0.29, 0.717) is 23.4 Å². The lowest BCUT2D eigenvalue weighted by molar-refractivity contribution is -0.134. The van der Waals surface area contributed by atoms with Gasteiger partial charge in [-0.25, -0.2) is 4.79 Å². The molecule has 33 heavy (non-hydrogen) atoms. The van der Waals surface area contributed by atoms with Crippen molar-refractivity contribution in [3.63, 3.8) is 0 Å². The van der Waals surface area contributed by atoms with Crippen LogP contribution in [0.2, 0.25) is 0 Å². The summed E-state index contributed by atoms with van der Waals surface area (Å²) in [5.41, 5.74) is 2.08. The fraction of sp³-hybridized carbons (Fsp3) is 0.360. The Morgan fingerprint density at radius 2 is 1.85 bits per heavy atom. The molecule has 1 saturated heterocycles. The SMILES string of the molecule is CCC1(c2ccc(OC)cc2)NC(=O)N(CC(=O)N(CCC#N)c2ccc(C)c(C)c2)C1=O. The molecule has 0 saturated carbocycles. The van der Waals surface area contributed by atoms with Crippen LogP contribution < -0.4 is 15.0 Å². The van der Waals surface area contributed by atoms with Crippen LogP contribution in [-0.2, 0) is 15.1 Å². The summed E-state index contributed by atoms with van der Waals surface area (Å²) in [5.74, 6) is -0.275. The predicted molar refractivity (Wildman–Crippen MR) is 124 cm³/mol. The Hall–Kier alpha value is -3.86. The van der Waals surface area contributed by atoms with Crippen LogP contribution in [0.3, 0.4) is 0 Å². The molecular formula is C25H28N4O4. The van der Waals surface area contributed by atoms with Crippen LogP contribution in [0.1, 0.15) is 36.5 Å². The average molecular weight is 449 g/mol. The first-order valence-corrected chi connectivity index (χ1v) is 10.8. The van der Waals surface area contributed by atoms with Gasteiger partial charge >= 0.3 is 6.03 Å². The zero-order chi connectivity index (χ0) is 24.2. The fourth-order valence-corrected chi connectivity index (χ4v) is 3.96. The molecule has 0 bridgehead atoms. The molecule has 1 atom stereocenters. The number of methoxy groups -OCH3 is 1. The average Bonchev–Trinajstić information content (AvgIpc) is 3.06. The van der Waals surface area contributed by atoms with E-state index in [9.17, 15) is 14.4 Å². The highest BCUT2D eigenvalue weighted by Gasteiger charge is 2.51. The molecule has 2 aromatic rings. The number of hydrogen-bond acceptors (Lipinski definition) is 5. The van der Waals surface area contributed by atoms with Crippen LogP contribution in [0.15, 0.2) is 42.5 Å². The lowest BCUT2D eigenvalue weighted by Gasteiger charge is -2.27. The van der Waals surface area contributed by atoms with Crippen molar-refractivity contribution in [2.24, 2.45) is 0 Å². The number of carbonyl (C=O) groups is 3. The minimum Gasteiger partial charge on any atom is -0.497 e. The summed E-state index contributed by atoms with van der Waals surface area (Å²) in [7, 11) is 1.55. The predicted octanol–water partition coefficient (Wildman–Crippen LogP) is 3.42. The Morgan fingerprint density at radius 3 is 2.42 bits per heavy atom. The Morgan fingerprint density at radius 1 is 1.15 bits per heavy atom. The van der Waals surface area contributed by atoms with Gasteiger partial charge in [0.1, 0.15) is 17.8 Å². The van der Waals surface area contributed by atoms with Crippen LogP contribution in [0.25, 0.3) is 0 Å². The van der Waals surface area contributed by atoms with Crippen molar-refractivity contribution in [3.05, 3.63) is 59.2 Å². The number of hydrogen-bond donors (Lipinski definition) is 1. The Bertz CT molecular complexity index is 1110. The summed E-state index contributed by atoms with van der Waals surface area (Å²) < 4.78 is 5.18. The summed E-state index contributed by atoms with van der Waals surface area (Å²) in [6.07, 6.45) is 0.452. The summed E-state index contributed by atoms with van der Waals surface area (Å²) in [6.45, 7) is 5.47. The van der Waals surface area contributed by atoms with E-state index in [1.54, 1.807) is 37.4 Å². The third-order valence-electron chi connectivity index (χ3n) is 6.13. The van der Waals surface area contributed by atoms with Crippen LogP contribution in [0.4, 0.5) is 10.5 Å². The Kier molecular flexibility index (Phi) is 7.02. The van der Waals surface area contributed by atoms with Crippen molar-refractivity contribution in [1.82, 2.24) is 10.2 Å². The Labute approximate surface area is 193 Å². The number of urea groups is 1. The number of rotatable bonds is 8. The highest BCUT2D eigenvalue weighted by molar-refractivity contribution is 6.10. The van der Waals surface area contributed by atoms with Crippen molar-refractivity contribution >= 4 is 23.5 Å². The van der Waals surface area contributed by atoms with E-state index in [4.69, 9.17) is 10.00 Å². The van der Waals surface area contributed by atoms with E-state index in [0.717, 1.165) is 16.0 Å². The largest absolute Gasteiger partial charge is 0.497 e. The molecular weight excluding hydrogens is 420 g/mol. The van der Waals surface area contributed by atoms with Crippen molar-refractivity contribution in [2.75, 3.05) is 25.1 Å². The molecule has 0 spiro atoms. The Balaban J connectivity index is 1.87. The maximum atomic E-state index is 13.4. The van der Waals surface area contributed by atoms with Gasteiger partial charge in [-0.05, 0) is 61.2 Å². The lowest BCUT2D eigenvalue weighted by atomic mass is 9.87. The number of aryl methyl sites for hydroxylation is 2. The van der Waals surface area contributed by atoms with E-state index < -0.39 is 29.9 Å². The molecule has 0 aromatic heterocycles. The number of amides is 4. The minimum absolute atomic E-state index is 0.129. The van der Waals surface area contributed by atoms with Crippen molar-refractivity contribution < 1.29 is 19.1 Å². The highest BCUT2D eigenvalue weighted by Crippen LogP contribution is 2.33. The second kappa shape index (κ2) is 9.74. The molecule has 1 aliphatic rings. The van der Waals surface area contributed by atoms with Gasteiger partial charge in [0, 0.05) is 12.2 Å². The first kappa shape index (κ1) is 23.8. The molecule has 1 aliphatic heterocycles. The normalized spacial score (nSPS) is 17.5. The number of imide groups is 1. The molecule has 172 valence electrons. The molecule has 1 N–H and O–H groups in total. The molecule has 8 heteroatoms. The first-order chi connectivity index (χ1) is 15.8. The van der Waals surface area contributed by atoms with Gasteiger partial charge in [0.2, 0.25) is 5.91 Å². The van der Waals surface area contributed by atoms with Crippen LogP contribution in [0, 0.1) is 25.2 Å². The smallest absolute Gasteiger partial charge is 0.325 e. The van der Waals surface area contributed by atoms with Crippen LogP contribution >= 0.6 is 0 Å². The second-order valence-electron chi connectivity index (χ2n) is 8.03. The quantitative estimate of drug-likeness (QED) is 0.624. The summed E-state index contributed by atoms with van der Waals surface area (Å²) >= 11 is 0. The first-order valence-electron chi connectivity index (χ1n) is 10.8. The van der Waals surface area contributed by atoms with E-state index >= 15 is 0 Å². The molecule has 0 aliphatic carbocycles. The van der Waals surface area contributed by atoms with Gasteiger partial charge in [0.25, 0.3) is 5.91 Å². The van der Waals surface area contributed by atoms with Gasteiger partial charge in [-0.1, -0.05) is 25.1 Å². The van der Waals surface area contributed by atoms with Gasteiger partial charge in [0.15, 0.2) is 0 Å². The van der Waals surface area contributed by atoms with Crippen molar-refractivity contribution in [1.29, 1.82) is 5.26 Å². The number of nitrogens with one attached hydrogen (secondary N) is 1. The summed E-state index contributed by atoms with van der Waals surface area (Å²) in [6, 6.07) is 13.9. The molecule has 8 nitrogen and oxygen atoms in total. The number of anilines is 1. The fourth-order valence-electron chi connectivity index (χ4n) is 3.96. The molecule has 1 fully saturated rings. The topological polar surface area (TPSA) is 103 Å². The van der Waals surface area contributed by atoms with E-state index in [2.05, 4.69) is 5.32 Å². The van der Waals surface area contributed by atoms with Crippen molar-refractivity contribution in [2.45, 2.75) is 39.2 Å². The van der Waals surface area contributed by atoms with Gasteiger partial charge in [0.05, 0.1) is 19.6 Å². The summed E-state index contributed by atoms with van der Waals surface area (Å²) in [5, 5.41) is 11.8. The number of nitriles is 1. The second-order valence-corrected chi connectivity index (χ2v) is 8.03. The minimum atomic E-state index is -1.25. The van der Waals surface area contributed by atoms with Gasteiger partial charge in [-0.3, -0.25) is 14.5 Å². The van der Waals surface area contributed by atoms with Gasteiger partial charge in [-0.15, -0.1) is 0 Å². The molecule has 1 heterocycles. The van der Waals surface area contributed by atoms with Crippen LogP contribution in [0.5, 0.6) is 5.75 Å². The molecule has 0 radical (unpaired) electrons. The number of ether oxygens (including phenoxy) is 1. The van der Waals surface area contributed by atoms with E-state index in [1.807, 2.05) is 39.0 Å². The molecule has 1 unspecified atom stereocenters. The van der Waals surface area contributed by atoms with Gasteiger partial charge in [-0.2, -0.15) is 5.26 Å². The molecule has 4 amide bonds. The maximum Gasteiger partial charge on any atom is 0.325 e. The van der Waals surface area contributed by atoms with Crippen molar-refractivity contribution in [3.8, 4) is 11.8 Å². The number of carbonyl (C=O) groups excluding carboxylic acids is 3. The number of nitrogens with zero attached hydrogens (tertiary/aromatic N) is 3. The maximum absolute atomic E-state index is 13.4.